The first-order valence-electron chi connectivity index (χ1n) is 7.10. The number of sulfonamides is 1. The SMILES string of the molecule is CN(Cc1ccncc1)C(=O)c1cc(S(=O)(=O)N(C)C)ccc1Cl. The van der Waals surface area contributed by atoms with E-state index in [1.807, 2.05) is 0 Å². The van der Waals surface area contributed by atoms with Gasteiger partial charge in [-0.1, -0.05) is 11.6 Å². The second kappa shape index (κ2) is 7.29. The van der Waals surface area contributed by atoms with Crippen LogP contribution in [0.4, 0.5) is 0 Å². The Morgan fingerprint density at radius 1 is 1.12 bits per heavy atom. The molecule has 1 heterocycles. The second-order valence-electron chi connectivity index (χ2n) is 5.45. The number of carbonyl (C=O) groups excluding carboxylic acids is 1. The Morgan fingerprint density at radius 2 is 1.75 bits per heavy atom. The summed E-state index contributed by atoms with van der Waals surface area (Å²) in [4.78, 5) is 18.1. The number of benzene rings is 1. The predicted octanol–water partition coefficient (Wildman–Crippen LogP) is 2.26. The highest BCUT2D eigenvalue weighted by Gasteiger charge is 2.22. The monoisotopic (exact) mass is 367 g/mol. The van der Waals surface area contributed by atoms with Crippen molar-refractivity contribution >= 4 is 27.5 Å². The van der Waals surface area contributed by atoms with Crippen LogP contribution in [0.25, 0.3) is 0 Å². The van der Waals surface area contributed by atoms with Crippen LogP contribution in [0.5, 0.6) is 0 Å². The lowest BCUT2D eigenvalue weighted by Gasteiger charge is -2.19. The number of hydrogen-bond acceptors (Lipinski definition) is 4. The summed E-state index contributed by atoms with van der Waals surface area (Å²) in [5.41, 5.74) is 1.06. The average molecular weight is 368 g/mol. The molecule has 0 spiro atoms. The van der Waals surface area contributed by atoms with Gasteiger partial charge in [0.25, 0.3) is 5.91 Å². The minimum absolute atomic E-state index is 0.0255. The highest BCUT2D eigenvalue weighted by Crippen LogP contribution is 2.23. The van der Waals surface area contributed by atoms with Gasteiger partial charge in [0.05, 0.1) is 15.5 Å². The van der Waals surface area contributed by atoms with E-state index in [1.54, 1.807) is 31.6 Å². The summed E-state index contributed by atoms with van der Waals surface area (Å²) in [5.74, 6) is -0.354. The molecule has 0 bridgehead atoms. The average Bonchev–Trinajstić information content (AvgIpc) is 2.55. The van der Waals surface area contributed by atoms with Gasteiger partial charge in [-0.05, 0) is 35.9 Å². The first kappa shape index (κ1) is 18.4. The van der Waals surface area contributed by atoms with Crippen molar-refractivity contribution in [2.75, 3.05) is 21.1 Å². The van der Waals surface area contributed by atoms with Crippen LogP contribution >= 0.6 is 11.6 Å². The number of pyridine rings is 1. The molecule has 8 heteroatoms. The molecule has 0 aliphatic carbocycles. The fraction of sp³-hybridized carbons (Fsp3) is 0.250. The van der Waals surface area contributed by atoms with Gasteiger partial charge in [0, 0.05) is 40.1 Å². The molecule has 2 aromatic rings. The molecule has 128 valence electrons. The molecule has 1 aromatic heterocycles. The van der Waals surface area contributed by atoms with Crippen molar-refractivity contribution in [1.29, 1.82) is 0 Å². The van der Waals surface area contributed by atoms with Crippen molar-refractivity contribution < 1.29 is 13.2 Å². The van der Waals surface area contributed by atoms with Crippen molar-refractivity contribution in [3.05, 3.63) is 58.9 Å². The molecular weight excluding hydrogens is 350 g/mol. The summed E-state index contributed by atoms with van der Waals surface area (Å²) in [6.07, 6.45) is 3.29. The van der Waals surface area contributed by atoms with Crippen molar-refractivity contribution in [1.82, 2.24) is 14.2 Å². The third-order valence-electron chi connectivity index (χ3n) is 3.46. The van der Waals surface area contributed by atoms with Gasteiger partial charge in [0.2, 0.25) is 10.0 Å². The van der Waals surface area contributed by atoms with E-state index in [0.29, 0.717) is 6.54 Å². The van der Waals surface area contributed by atoms with Crippen molar-refractivity contribution in [3.63, 3.8) is 0 Å². The Labute approximate surface area is 146 Å². The molecule has 1 aromatic carbocycles. The van der Waals surface area contributed by atoms with Gasteiger partial charge in [0.1, 0.15) is 0 Å². The van der Waals surface area contributed by atoms with E-state index in [4.69, 9.17) is 11.6 Å². The summed E-state index contributed by atoms with van der Waals surface area (Å²) in [5, 5.41) is 0.208. The van der Waals surface area contributed by atoms with E-state index in [1.165, 1.54) is 37.2 Å². The zero-order chi connectivity index (χ0) is 17.9. The molecule has 0 unspecified atom stereocenters. The smallest absolute Gasteiger partial charge is 0.255 e. The van der Waals surface area contributed by atoms with Gasteiger partial charge < -0.3 is 4.90 Å². The fourth-order valence-electron chi connectivity index (χ4n) is 2.08. The molecule has 24 heavy (non-hydrogen) atoms. The maximum Gasteiger partial charge on any atom is 0.255 e. The molecule has 0 saturated carbocycles. The lowest BCUT2D eigenvalue weighted by molar-refractivity contribution is 0.0785. The first-order chi connectivity index (χ1) is 11.2. The summed E-state index contributed by atoms with van der Waals surface area (Å²) >= 11 is 6.10. The van der Waals surface area contributed by atoms with Crippen molar-refractivity contribution in [2.45, 2.75) is 11.4 Å². The Hall–Kier alpha value is -1.96. The summed E-state index contributed by atoms with van der Waals surface area (Å²) < 4.78 is 25.5. The second-order valence-corrected chi connectivity index (χ2v) is 8.00. The van der Waals surface area contributed by atoms with Gasteiger partial charge in [0.15, 0.2) is 0 Å². The van der Waals surface area contributed by atoms with Gasteiger partial charge in [-0.15, -0.1) is 0 Å². The number of rotatable bonds is 5. The molecule has 0 aliphatic rings. The van der Waals surface area contributed by atoms with Gasteiger partial charge in [-0.25, -0.2) is 12.7 Å². The number of aromatic nitrogens is 1. The zero-order valence-electron chi connectivity index (χ0n) is 13.6. The van der Waals surface area contributed by atoms with Gasteiger partial charge >= 0.3 is 0 Å². The molecular formula is C16H18ClN3O3S. The van der Waals surface area contributed by atoms with Crippen LogP contribution in [0, 0.1) is 0 Å². The summed E-state index contributed by atoms with van der Waals surface area (Å²) in [6.45, 7) is 0.363. The summed E-state index contributed by atoms with van der Waals surface area (Å²) in [7, 11) is 0.856. The minimum atomic E-state index is -3.64. The molecule has 0 atom stereocenters. The predicted molar refractivity (Wildman–Crippen MR) is 92.4 cm³/mol. The van der Waals surface area contributed by atoms with Crippen LogP contribution in [-0.2, 0) is 16.6 Å². The lowest BCUT2D eigenvalue weighted by Crippen LogP contribution is -2.27. The molecule has 0 saturated heterocycles. The first-order valence-corrected chi connectivity index (χ1v) is 8.91. The van der Waals surface area contributed by atoms with Crippen molar-refractivity contribution in [3.8, 4) is 0 Å². The normalized spacial score (nSPS) is 11.5. The Balaban J connectivity index is 2.32. The van der Waals surface area contributed by atoms with E-state index < -0.39 is 10.0 Å². The van der Waals surface area contributed by atoms with Crippen molar-refractivity contribution in [2.24, 2.45) is 0 Å². The third-order valence-corrected chi connectivity index (χ3v) is 5.60. The molecule has 1 amide bonds. The van der Waals surface area contributed by atoms with E-state index >= 15 is 0 Å². The maximum atomic E-state index is 12.6. The number of hydrogen-bond donors (Lipinski definition) is 0. The molecule has 0 N–H and O–H groups in total. The number of carbonyl (C=O) groups is 1. The standard InChI is InChI=1S/C16H18ClN3O3S/c1-19(2)24(22,23)13-4-5-15(17)14(10-13)16(21)20(3)11-12-6-8-18-9-7-12/h4-10H,11H2,1-3H3. The Morgan fingerprint density at radius 3 is 2.33 bits per heavy atom. The third kappa shape index (κ3) is 3.92. The van der Waals surface area contributed by atoms with Crippen LogP contribution in [0.2, 0.25) is 5.02 Å². The minimum Gasteiger partial charge on any atom is -0.337 e. The Kier molecular flexibility index (Phi) is 5.58. The number of halogens is 1. The topological polar surface area (TPSA) is 70.6 Å². The lowest BCUT2D eigenvalue weighted by atomic mass is 10.2. The summed E-state index contributed by atoms with van der Waals surface area (Å²) in [6, 6.07) is 7.72. The highest BCUT2D eigenvalue weighted by molar-refractivity contribution is 7.89. The fourth-order valence-corrected chi connectivity index (χ4v) is 3.21. The van der Waals surface area contributed by atoms with E-state index in [2.05, 4.69) is 4.98 Å². The Bertz CT molecular complexity index is 839. The highest BCUT2D eigenvalue weighted by atomic mass is 35.5. The largest absolute Gasteiger partial charge is 0.337 e. The van der Waals surface area contributed by atoms with Crippen LogP contribution in [-0.4, -0.2) is 49.7 Å². The van der Waals surface area contributed by atoms with E-state index in [-0.39, 0.29) is 21.4 Å². The van der Waals surface area contributed by atoms with Gasteiger partial charge in [-0.3, -0.25) is 9.78 Å². The molecule has 2 rings (SSSR count). The zero-order valence-corrected chi connectivity index (χ0v) is 15.2. The van der Waals surface area contributed by atoms with Crippen LogP contribution in [0.1, 0.15) is 15.9 Å². The number of amides is 1. The van der Waals surface area contributed by atoms with Gasteiger partial charge in [-0.2, -0.15) is 0 Å². The molecule has 0 aliphatic heterocycles. The van der Waals surface area contributed by atoms with Crippen LogP contribution in [0.15, 0.2) is 47.6 Å². The maximum absolute atomic E-state index is 12.6. The van der Waals surface area contributed by atoms with Crippen LogP contribution < -0.4 is 0 Å². The molecule has 0 fully saturated rings. The molecule has 0 radical (unpaired) electrons. The van der Waals surface area contributed by atoms with E-state index in [9.17, 15) is 13.2 Å². The molecule has 6 nitrogen and oxygen atoms in total. The van der Waals surface area contributed by atoms with E-state index in [0.717, 1.165) is 9.87 Å². The van der Waals surface area contributed by atoms with Crippen LogP contribution in [0.3, 0.4) is 0 Å². The number of nitrogens with zero attached hydrogens (tertiary/aromatic N) is 3. The quantitative estimate of drug-likeness (QED) is 0.812.